The predicted molar refractivity (Wildman–Crippen MR) is 257 cm³/mol. The van der Waals surface area contributed by atoms with Gasteiger partial charge in [-0.25, -0.2) is 0 Å². The van der Waals surface area contributed by atoms with Crippen LogP contribution in [0.25, 0.3) is 78.5 Å². The van der Waals surface area contributed by atoms with Crippen molar-refractivity contribution in [3.63, 3.8) is 0 Å². The van der Waals surface area contributed by atoms with Crippen molar-refractivity contribution in [3.8, 4) is 45.1 Å². The third-order valence-corrected chi connectivity index (χ3v) is 11.1. The molecule has 9 rings (SSSR count). The van der Waals surface area contributed by atoms with Gasteiger partial charge in [-0.15, -0.1) is 0 Å². The molecular weight excluding hydrogens is 769 g/mol. The number of nitrogens with zero attached hydrogens (tertiary/aromatic N) is 2. The first-order chi connectivity index (χ1) is 30.4. The molecule has 4 aromatic heterocycles. The molecule has 0 saturated heterocycles. The van der Waals surface area contributed by atoms with Gasteiger partial charge in [-0.3, -0.25) is 9.59 Å². The highest BCUT2D eigenvalue weighted by atomic mass is 16.5. The number of fused-ring (bicyclic) bond motifs is 4. The van der Waals surface area contributed by atoms with E-state index in [1.54, 1.807) is 30.9 Å². The number of allylic oxidation sites excluding steroid dienone is 1. The molecule has 5 aromatic carbocycles. The number of para-hydroxylation sites is 5. The Morgan fingerprint density at radius 2 is 0.984 bits per heavy atom. The summed E-state index contributed by atoms with van der Waals surface area (Å²) >= 11 is 0. The summed E-state index contributed by atoms with van der Waals surface area (Å²) in [6.07, 6.45) is 12.8. The lowest BCUT2D eigenvalue weighted by Gasteiger charge is -2.23. The molecular formula is C54H50N4O4. The average Bonchev–Trinajstić information content (AvgIpc) is 3.80. The van der Waals surface area contributed by atoms with E-state index in [4.69, 9.17) is 9.47 Å². The van der Waals surface area contributed by atoms with Gasteiger partial charge in [-0.2, -0.15) is 0 Å². The Morgan fingerprint density at radius 1 is 0.565 bits per heavy atom. The number of pyridine rings is 2. The lowest BCUT2D eigenvalue weighted by atomic mass is 10.0. The van der Waals surface area contributed by atoms with E-state index in [1.807, 2.05) is 159 Å². The maximum Gasteiger partial charge on any atom is 0.213 e. The summed E-state index contributed by atoms with van der Waals surface area (Å²) in [6.45, 7) is 14.1. The first-order valence-electron chi connectivity index (χ1n) is 21.2. The number of hydrogen-bond acceptors (Lipinski definition) is 4. The molecule has 1 unspecified atom stereocenters. The van der Waals surface area contributed by atoms with Gasteiger partial charge < -0.3 is 28.6 Å². The van der Waals surface area contributed by atoms with Crippen molar-refractivity contribution in [1.82, 2.24) is 19.1 Å². The lowest BCUT2D eigenvalue weighted by Crippen LogP contribution is -2.23. The van der Waals surface area contributed by atoms with E-state index < -0.39 is 0 Å². The Hall–Kier alpha value is -7.58. The fraction of sp³-hybridized carbons (Fsp3) is 0.148. The molecule has 8 heteroatoms. The summed E-state index contributed by atoms with van der Waals surface area (Å²) in [6, 6.07) is 39.6. The summed E-state index contributed by atoms with van der Waals surface area (Å²) in [7, 11) is 0. The Kier molecular flexibility index (Phi) is 11.9. The molecule has 62 heavy (non-hydrogen) atoms. The third-order valence-electron chi connectivity index (χ3n) is 11.1. The number of benzene rings is 5. The molecule has 0 spiro atoms. The number of aromatic amines is 2. The van der Waals surface area contributed by atoms with E-state index in [1.165, 1.54) is 0 Å². The Morgan fingerprint density at radius 3 is 1.47 bits per heavy atom. The molecule has 2 N–H and O–H groups in total. The number of aromatic nitrogens is 4. The van der Waals surface area contributed by atoms with E-state index in [9.17, 15) is 9.59 Å². The maximum absolute atomic E-state index is 14.4. The van der Waals surface area contributed by atoms with E-state index in [2.05, 4.69) is 34.7 Å². The molecule has 0 saturated carbocycles. The quantitative estimate of drug-likeness (QED) is 0.128. The Labute approximate surface area is 361 Å². The first kappa shape index (κ1) is 41.2. The monoisotopic (exact) mass is 818 g/mol. The number of ether oxygens (including phenoxy) is 2. The molecule has 0 aliphatic rings. The molecule has 0 fully saturated rings. The predicted octanol–water partition coefficient (Wildman–Crippen LogP) is 12.8. The second-order valence-corrected chi connectivity index (χ2v) is 15.0. The van der Waals surface area contributed by atoms with Crippen molar-refractivity contribution < 1.29 is 9.47 Å². The molecule has 0 aliphatic heterocycles. The minimum atomic E-state index is -0.290. The molecule has 0 amide bonds. The largest absolute Gasteiger partial charge is 0.490 e. The first-order valence-corrected chi connectivity index (χ1v) is 21.2. The SMILES string of the molecule is C=Cc1c(/C=C\C)c2ccccc2n1-c1c[nH]cc(-c2ccccc2O[C@@H](C)CC(C)Oc2ccccc2-c2c[nH]cc(-n3c4ccccc4c4ccccc43)c2=O)c1=O.CC. The van der Waals surface area contributed by atoms with Crippen LogP contribution in [-0.2, 0) is 0 Å². The van der Waals surface area contributed by atoms with Gasteiger partial charge in [0.1, 0.15) is 22.9 Å². The highest BCUT2D eigenvalue weighted by Crippen LogP contribution is 2.35. The van der Waals surface area contributed by atoms with Crippen molar-refractivity contribution >= 4 is 44.9 Å². The summed E-state index contributed by atoms with van der Waals surface area (Å²) in [5, 5.41) is 3.20. The standard InChI is InChI=1S/C52H44N4O4.C2H6/c1-5-17-35-36-18-7-12-23-44(36)55(43(35)6-2)47-31-53-29-41(51(47)57)39-21-10-15-26-49(39)59-33(3)28-34(4)60-50-27-16-11-22-40(50)42-30-54-32-48(52(42)58)56-45-24-13-8-19-37(45)38-20-9-14-25-46(38)56;1-2/h5-27,29-34H,2,28H2,1,3-4H3,(H,53,57)(H,54,58);1-2H3/b17-5-;/t33-,34?;/m0./s1. The van der Waals surface area contributed by atoms with Gasteiger partial charge in [0, 0.05) is 64.1 Å². The van der Waals surface area contributed by atoms with Crippen LogP contribution in [0.1, 0.15) is 52.3 Å². The van der Waals surface area contributed by atoms with E-state index in [0.717, 1.165) is 44.0 Å². The van der Waals surface area contributed by atoms with E-state index >= 15 is 0 Å². The van der Waals surface area contributed by atoms with Gasteiger partial charge in [0.2, 0.25) is 10.9 Å². The topological polar surface area (TPSA) is 94.0 Å². The highest BCUT2D eigenvalue weighted by molar-refractivity contribution is 6.09. The van der Waals surface area contributed by atoms with Crippen LogP contribution in [0, 0.1) is 0 Å². The van der Waals surface area contributed by atoms with E-state index in [-0.39, 0.29) is 23.1 Å². The molecule has 310 valence electrons. The molecule has 4 heterocycles. The minimum Gasteiger partial charge on any atom is -0.490 e. The van der Waals surface area contributed by atoms with Gasteiger partial charge in [-0.1, -0.05) is 124 Å². The van der Waals surface area contributed by atoms with Crippen molar-refractivity contribution in [2.75, 3.05) is 0 Å². The number of hydrogen-bond donors (Lipinski definition) is 2. The normalized spacial score (nSPS) is 12.3. The molecule has 2 atom stereocenters. The van der Waals surface area contributed by atoms with Gasteiger partial charge in [-0.05, 0) is 57.2 Å². The Bertz CT molecular complexity index is 3160. The lowest BCUT2D eigenvalue weighted by molar-refractivity contribution is 0.131. The zero-order valence-electron chi connectivity index (χ0n) is 35.7. The third kappa shape index (κ3) is 7.45. The summed E-state index contributed by atoms with van der Waals surface area (Å²) in [4.78, 5) is 35.4. The zero-order chi connectivity index (χ0) is 43.3. The van der Waals surface area contributed by atoms with Crippen LogP contribution in [0.2, 0.25) is 0 Å². The fourth-order valence-corrected chi connectivity index (χ4v) is 8.53. The zero-order valence-corrected chi connectivity index (χ0v) is 35.7. The van der Waals surface area contributed by atoms with Crippen molar-refractivity contribution in [2.24, 2.45) is 0 Å². The molecule has 9 aromatic rings. The van der Waals surface area contributed by atoms with Crippen molar-refractivity contribution in [3.05, 3.63) is 190 Å². The average molecular weight is 819 g/mol. The molecule has 0 radical (unpaired) electrons. The molecule has 0 aliphatic carbocycles. The second kappa shape index (κ2) is 18.0. The van der Waals surface area contributed by atoms with E-state index in [0.29, 0.717) is 51.5 Å². The highest BCUT2D eigenvalue weighted by Gasteiger charge is 2.22. The molecule has 8 nitrogen and oxygen atoms in total. The van der Waals surface area contributed by atoms with Gasteiger partial charge in [0.05, 0.1) is 45.6 Å². The molecule has 0 bridgehead atoms. The van der Waals surface area contributed by atoms with Crippen LogP contribution in [-0.4, -0.2) is 31.3 Å². The smallest absolute Gasteiger partial charge is 0.213 e. The van der Waals surface area contributed by atoms with Crippen LogP contribution < -0.4 is 20.3 Å². The summed E-state index contributed by atoms with van der Waals surface area (Å²) in [5.74, 6) is 1.18. The van der Waals surface area contributed by atoms with Crippen LogP contribution in [0.3, 0.4) is 0 Å². The summed E-state index contributed by atoms with van der Waals surface area (Å²) < 4.78 is 17.2. The number of H-pyrrole nitrogens is 2. The summed E-state index contributed by atoms with van der Waals surface area (Å²) in [5.41, 5.74) is 7.81. The Balaban J connectivity index is 0.00000261. The maximum atomic E-state index is 14.4. The van der Waals surface area contributed by atoms with Gasteiger partial charge in [0.15, 0.2) is 0 Å². The van der Waals surface area contributed by atoms with Crippen LogP contribution in [0.4, 0.5) is 0 Å². The second-order valence-electron chi connectivity index (χ2n) is 15.0. The fourth-order valence-electron chi connectivity index (χ4n) is 8.53. The number of nitrogens with one attached hydrogen (secondary N) is 2. The minimum absolute atomic E-state index is 0.111. The van der Waals surface area contributed by atoms with Crippen LogP contribution in [0.5, 0.6) is 11.5 Å². The van der Waals surface area contributed by atoms with Gasteiger partial charge in [0.25, 0.3) is 0 Å². The van der Waals surface area contributed by atoms with Crippen molar-refractivity contribution in [2.45, 2.75) is 53.2 Å². The van der Waals surface area contributed by atoms with Crippen LogP contribution in [0.15, 0.2) is 168 Å². The van der Waals surface area contributed by atoms with Crippen molar-refractivity contribution in [1.29, 1.82) is 0 Å². The van der Waals surface area contributed by atoms with Crippen LogP contribution >= 0.6 is 0 Å². The van der Waals surface area contributed by atoms with Gasteiger partial charge >= 0.3 is 0 Å². The number of rotatable bonds is 12.